The van der Waals surface area contributed by atoms with Gasteiger partial charge >= 0.3 is 5.97 Å². The van der Waals surface area contributed by atoms with E-state index in [4.69, 9.17) is 4.74 Å². The molecule has 7 heteroatoms. The molecule has 6 nitrogen and oxygen atoms in total. The van der Waals surface area contributed by atoms with Crippen molar-refractivity contribution in [1.29, 1.82) is 0 Å². The summed E-state index contributed by atoms with van der Waals surface area (Å²) in [5.41, 5.74) is 2.11. The van der Waals surface area contributed by atoms with Gasteiger partial charge in [0, 0.05) is 0 Å². The number of methoxy groups -OCH3 is 1. The Hall–Kier alpha value is -3.32. The van der Waals surface area contributed by atoms with Crippen LogP contribution in [0.4, 0.5) is 5.69 Å². The van der Waals surface area contributed by atoms with Gasteiger partial charge in [0.05, 0.1) is 18.4 Å². The van der Waals surface area contributed by atoms with Gasteiger partial charge in [-0.15, -0.1) is 0 Å². The third kappa shape index (κ3) is 3.99. The van der Waals surface area contributed by atoms with Crippen LogP contribution >= 0.6 is 0 Å². The van der Waals surface area contributed by atoms with E-state index in [0.29, 0.717) is 5.56 Å². The van der Waals surface area contributed by atoms with E-state index in [1.165, 1.54) is 25.3 Å². The lowest BCUT2D eigenvalue weighted by Gasteiger charge is -2.15. The number of aromatic carboxylic acids is 1. The molecule has 28 heavy (non-hydrogen) atoms. The first-order chi connectivity index (χ1) is 13.3. The van der Waals surface area contributed by atoms with Crippen LogP contribution in [0.15, 0.2) is 71.6 Å². The van der Waals surface area contributed by atoms with Crippen molar-refractivity contribution in [2.24, 2.45) is 0 Å². The number of hydrogen-bond donors (Lipinski definition) is 2. The van der Waals surface area contributed by atoms with E-state index in [0.717, 1.165) is 11.1 Å². The van der Waals surface area contributed by atoms with Crippen molar-refractivity contribution in [3.63, 3.8) is 0 Å². The largest absolute Gasteiger partial charge is 0.495 e. The standard InChI is InChI=1S/C21H19NO5S/c1-14-8-11-19(27-2)20(12-14)28(25,26)22-18-13-16(9-10-17(18)21(23)24)15-6-4-3-5-7-15/h3-13,22H,1-2H3,(H,23,24). The summed E-state index contributed by atoms with van der Waals surface area (Å²) in [6.45, 7) is 1.76. The SMILES string of the molecule is COc1ccc(C)cc1S(=O)(=O)Nc1cc(-c2ccccc2)ccc1C(=O)O. The van der Waals surface area contributed by atoms with E-state index < -0.39 is 16.0 Å². The molecule has 3 rings (SSSR count). The lowest BCUT2D eigenvalue weighted by molar-refractivity contribution is 0.0698. The van der Waals surface area contributed by atoms with Crippen LogP contribution in [0, 0.1) is 6.92 Å². The first kappa shape index (κ1) is 19.4. The fourth-order valence-electron chi connectivity index (χ4n) is 2.82. The van der Waals surface area contributed by atoms with Gasteiger partial charge in [0.15, 0.2) is 0 Å². The lowest BCUT2D eigenvalue weighted by atomic mass is 10.0. The molecular formula is C21H19NO5S. The van der Waals surface area contributed by atoms with Crippen LogP contribution in [-0.2, 0) is 10.0 Å². The van der Waals surface area contributed by atoms with Crippen molar-refractivity contribution in [1.82, 2.24) is 0 Å². The summed E-state index contributed by atoms with van der Waals surface area (Å²) >= 11 is 0. The van der Waals surface area contributed by atoms with Crippen molar-refractivity contribution in [2.45, 2.75) is 11.8 Å². The van der Waals surface area contributed by atoms with Gasteiger partial charge < -0.3 is 9.84 Å². The van der Waals surface area contributed by atoms with Gasteiger partial charge in [0.25, 0.3) is 10.0 Å². The van der Waals surface area contributed by atoms with Crippen LogP contribution in [0.25, 0.3) is 11.1 Å². The number of rotatable bonds is 6. The van der Waals surface area contributed by atoms with Gasteiger partial charge in [0.2, 0.25) is 0 Å². The molecular weight excluding hydrogens is 378 g/mol. The molecule has 0 saturated heterocycles. The van der Waals surface area contributed by atoms with Gasteiger partial charge in [-0.2, -0.15) is 0 Å². The predicted molar refractivity (Wildman–Crippen MR) is 107 cm³/mol. The van der Waals surface area contributed by atoms with E-state index in [1.54, 1.807) is 25.1 Å². The van der Waals surface area contributed by atoms with Crippen molar-refractivity contribution < 1.29 is 23.1 Å². The molecule has 2 N–H and O–H groups in total. The first-order valence-electron chi connectivity index (χ1n) is 8.42. The molecule has 0 amide bonds. The summed E-state index contributed by atoms with van der Waals surface area (Å²) < 4.78 is 33.5. The van der Waals surface area contributed by atoms with Gasteiger partial charge in [-0.05, 0) is 47.9 Å². The maximum atomic E-state index is 13.0. The molecule has 0 aromatic heterocycles. The summed E-state index contributed by atoms with van der Waals surface area (Å²) in [5, 5.41) is 9.48. The smallest absolute Gasteiger partial charge is 0.337 e. The molecule has 0 atom stereocenters. The van der Waals surface area contributed by atoms with Gasteiger partial charge in [0.1, 0.15) is 10.6 Å². The van der Waals surface area contributed by atoms with Gasteiger partial charge in [-0.1, -0.05) is 42.5 Å². The number of aryl methyl sites for hydroxylation is 1. The molecule has 0 saturated carbocycles. The first-order valence-corrected chi connectivity index (χ1v) is 9.90. The quantitative estimate of drug-likeness (QED) is 0.651. The molecule has 3 aromatic carbocycles. The Bertz CT molecular complexity index is 1120. The number of carboxylic acids is 1. The Labute approximate surface area is 163 Å². The average Bonchev–Trinajstić information content (AvgIpc) is 2.68. The van der Waals surface area contributed by atoms with Gasteiger partial charge in [-0.3, -0.25) is 4.72 Å². The normalized spacial score (nSPS) is 11.1. The number of sulfonamides is 1. The Balaban J connectivity index is 2.10. The number of nitrogens with one attached hydrogen (secondary N) is 1. The lowest BCUT2D eigenvalue weighted by Crippen LogP contribution is -2.16. The van der Waals surface area contributed by atoms with E-state index >= 15 is 0 Å². The topological polar surface area (TPSA) is 92.7 Å². The molecule has 0 bridgehead atoms. The van der Waals surface area contributed by atoms with Crippen molar-refractivity contribution in [3.05, 3.63) is 77.9 Å². The van der Waals surface area contributed by atoms with Crippen molar-refractivity contribution in [3.8, 4) is 16.9 Å². The second kappa shape index (κ2) is 7.74. The maximum Gasteiger partial charge on any atom is 0.337 e. The summed E-state index contributed by atoms with van der Waals surface area (Å²) in [6, 6.07) is 18.6. The highest BCUT2D eigenvalue weighted by molar-refractivity contribution is 7.92. The molecule has 3 aromatic rings. The second-order valence-electron chi connectivity index (χ2n) is 6.19. The molecule has 144 valence electrons. The predicted octanol–water partition coefficient (Wildman–Crippen LogP) is 4.17. The number of carbonyl (C=O) groups is 1. The maximum absolute atomic E-state index is 13.0. The Morgan fingerprint density at radius 3 is 2.32 bits per heavy atom. The molecule has 0 radical (unpaired) electrons. The fourth-order valence-corrected chi connectivity index (χ4v) is 4.14. The monoisotopic (exact) mass is 397 g/mol. The third-order valence-corrected chi connectivity index (χ3v) is 5.60. The number of anilines is 1. The molecule has 0 aliphatic rings. The molecule has 0 heterocycles. The van der Waals surface area contributed by atoms with Crippen molar-refractivity contribution >= 4 is 21.7 Å². The zero-order valence-corrected chi connectivity index (χ0v) is 16.2. The minimum Gasteiger partial charge on any atom is -0.495 e. The zero-order valence-electron chi connectivity index (χ0n) is 15.3. The van der Waals surface area contributed by atoms with Crippen LogP contribution in [0.2, 0.25) is 0 Å². The minimum absolute atomic E-state index is 0.0163. The second-order valence-corrected chi connectivity index (χ2v) is 7.84. The Morgan fingerprint density at radius 2 is 1.68 bits per heavy atom. The van der Waals surface area contributed by atoms with Crippen LogP contribution in [0.5, 0.6) is 5.75 Å². The van der Waals surface area contributed by atoms with E-state index in [-0.39, 0.29) is 21.9 Å². The Morgan fingerprint density at radius 1 is 0.964 bits per heavy atom. The third-order valence-electron chi connectivity index (χ3n) is 4.21. The summed E-state index contributed by atoms with van der Waals surface area (Å²) in [6.07, 6.45) is 0. The highest BCUT2D eigenvalue weighted by Crippen LogP contribution is 2.30. The van der Waals surface area contributed by atoms with E-state index in [2.05, 4.69) is 4.72 Å². The Kier molecular flexibility index (Phi) is 5.37. The molecule has 0 aliphatic carbocycles. The van der Waals surface area contributed by atoms with Crippen LogP contribution in [0.1, 0.15) is 15.9 Å². The van der Waals surface area contributed by atoms with Crippen LogP contribution in [0.3, 0.4) is 0 Å². The number of ether oxygens (including phenoxy) is 1. The van der Waals surface area contributed by atoms with E-state index in [9.17, 15) is 18.3 Å². The summed E-state index contributed by atoms with van der Waals surface area (Å²) in [7, 11) is -2.69. The summed E-state index contributed by atoms with van der Waals surface area (Å²) in [4.78, 5) is 11.6. The van der Waals surface area contributed by atoms with Crippen LogP contribution < -0.4 is 9.46 Å². The molecule has 0 aliphatic heterocycles. The molecule has 0 unspecified atom stereocenters. The van der Waals surface area contributed by atoms with Crippen LogP contribution in [-0.4, -0.2) is 26.6 Å². The molecule has 0 spiro atoms. The minimum atomic E-state index is -4.07. The zero-order chi connectivity index (χ0) is 20.3. The number of benzene rings is 3. The number of hydrogen-bond acceptors (Lipinski definition) is 4. The fraction of sp³-hybridized carbons (Fsp3) is 0.0952. The van der Waals surface area contributed by atoms with E-state index in [1.807, 2.05) is 30.3 Å². The number of carboxylic acid groups (broad SMARTS) is 1. The molecule has 0 fully saturated rings. The summed E-state index contributed by atoms with van der Waals surface area (Å²) in [5.74, 6) is -1.05. The van der Waals surface area contributed by atoms with Crippen molar-refractivity contribution in [2.75, 3.05) is 11.8 Å². The highest BCUT2D eigenvalue weighted by atomic mass is 32.2. The highest BCUT2D eigenvalue weighted by Gasteiger charge is 2.23. The van der Waals surface area contributed by atoms with Gasteiger partial charge in [-0.25, -0.2) is 13.2 Å². The average molecular weight is 397 g/mol.